The van der Waals surface area contributed by atoms with Gasteiger partial charge < -0.3 is 14.0 Å². The molecule has 4 aromatic rings. The summed E-state index contributed by atoms with van der Waals surface area (Å²) in [6.07, 6.45) is 0. The molecule has 0 radical (unpaired) electrons. The number of aryl methyl sites for hydroxylation is 1. The van der Waals surface area contributed by atoms with Gasteiger partial charge in [0.1, 0.15) is 12.4 Å². The lowest BCUT2D eigenvalue weighted by atomic mass is 10.1. The van der Waals surface area contributed by atoms with Crippen molar-refractivity contribution in [2.45, 2.75) is 24.2 Å². The van der Waals surface area contributed by atoms with E-state index in [4.69, 9.17) is 14.0 Å². The number of rotatable bonds is 7. The summed E-state index contributed by atoms with van der Waals surface area (Å²) in [5.74, 6) is 2.04. The molecule has 4 rings (SSSR count). The minimum absolute atomic E-state index is 0.197. The Morgan fingerprint density at radius 2 is 1.87 bits per heavy atom. The lowest BCUT2D eigenvalue weighted by molar-refractivity contribution is 0.0468. The number of carbonyl (C=O) groups is 1. The average Bonchev–Trinajstić information content (AvgIpc) is 3.20. The number of nitrogens with zero attached hydrogens (tertiary/aromatic N) is 2. The fourth-order valence-corrected chi connectivity index (χ4v) is 3.89. The summed E-state index contributed by atoms with van der Waals surface area (Å²) in [6, 6.07) is 19.2. The van der Waals surface area contributed by atoms with E-state index in [2.05, 4.69) is 10.1 Å². The van der Waals surface area contributed by atoms with E-state index in [1.807, 2.05) is 54.6 Å². The van der Waals surface area contributed by atoms with Crippen LogP contribution >= 0.6 is 11.8 Å². The molecule has 0 aliphatic carbocycles. The Labute approximate surface area is 178 Å². The fourth-order valence-electron chi connectivity index (χ4n) is 3.02. The normalized spacial score (nSPS) is 10.9. The van der Waals surface area contributed by atoms with Gasteiger partial charge in [-0.15, -0.1) is 11.8 Å². The van der Waals surface area contributed by atoms with Gasteiger partial charge in [0.05, 0.1) is 18.4 Å². The van der Waals surface area contributed by atoms with E-state index in [1.165, 1.54) is 11.8 Å². The number of esters is 1. The quantitative estimate of drug-likeness (QED) is 0.301. The molecule has 6 nitrogen and oxygen atoms in total. The van der Waals surface area contributed by atoms with Crippen molar-refractivity contribution in [2.75, 3.05) is 7.11 Å². The number of carbonyl (C=O) groups excluding carboxylic acids is 1. The molecular formula is C23H20N2O4S. The summed E-state index contributed by atoms with van der Waals surface area (Å²) in [5.41, 5.74) is 1.44. The fraction of sp³-hybridized carbons (Fsp3) is 0.174. The second-order valence-corrected chi connectivity index (χ2v) is 7.66. The molecule has 0 saturated carbocycles. The second-order valence-electron chi connectivity index (χ2n) is 6.64. The van der Waals surface area contributed by atoms with Gasteiger partial charge in [0.2, 0.25) is 5.89 Å². The Morgan fingerprint density at radius 1 is 1.07 bits per heavy atom. The van der Waals surface area contributed by atoms with Crippen LogP contribution in [0.3, 0.4) is 0 Å². The number of thioether (sulfide) groups is 1. The van der Waals surface area contributed by atoms with Crippen molar-refractivity contribution >= 4 is 28.5 Å². The van der Waals surface area contributed by atoms with Gasteiger partial charge in [0, 0.05) is 4.90 Å². The molecule has 1 heterocycles. The Hall–Kier alpha value is -3.32. The molecule has 0 saturated heterocycles. The first-order chi connectivity index (χ1) is 14.6. The minimum atomic E-state index is -0.366. The Morgan fingerprint density at radius 3 is 2.67 bits per heavy atom. The standard InChI is InChI=1S/C23H20N2O4S/c1-15-24-22(29-25-15)14-30-21-6-4-3-5-20(21)23(26)28-13-16-7-8-18-12-19(27-2)10-9-17(18)11-16/h3-12H,13-14H2,1-2H3. The molecular weight excluding hydrogens is 400 g/mol. The van der Waals surface area contributed by atoms with Gasteiger partial charge >= 0.3 is 5.97 Å². The highest BCUT2D eigenvalue weighted by Crippen LogP contribution is 2.27. The van der Waals surface area contributed by atoms with Crippen LogP contribution in [-0.2, 0) is 17.1 Å². The zero-order valence-corrected chi connectivity index (χ0v) is 17.4. The molecule has 0 N–H and O–H groups in total. The zero-order valence-electron chi connectivity index (χ0n) is 16.6. The van der Waals surface area contributed by atoms with E-state index in [1.54, 1.807) is 20.1 Å². The number of hydrogen-bond donors (Lipinski definition) is 0. The first kappa shape index (κ1) is 20.0. The molecule has 0 aliphatic heterocycles. The van der Waals surface area contributed by atoms with Crippen molar-refractivity contribution in [1.82, 2.24) is 10.1 Å². The van der Waals surface area contributed by atoms with Crippen molar-refractivity contribution in [2.24, 2.45) is 0 Å². The number of fused-ring (bicyclic) bond motifs is 1. The topological polar surface area (TPSA) is 74.5 Å². The molecule has 0 aliphatic rings. The van der Waals surface area contributed by atoms with Crippen LogP contribution in [0, 0.1) is 6.92 Å². The van der Waals surface area contributed by atoms with Crippen LogP contribution in [0.5, 0.6) is 5.75 Å². The summed E-state index contributed by atoms with van der Waals surface area (Å²) >= 11 is 1.46. The predicted octanol–water partition coefficient (Wildman–Crippen LogP) is 5.19. The third-order valence-electron chi connectivity index (χ3n) is 4.51. The van der Waals surface area contributed by atoms with E-state index in [0.29, 0.717) is 23.0 Å². The molecule has 0 unspecified atom stereocenters. The molecule has 152 valence electrons. The number of ether oxygens (including phenoxy) is 2. The third-order valence-corrected chi connectivity index (χ3v) is 5.57. The van der Waals surface area contributed by atoms with Gasteiger partial charge in [-0.25, -0.2) is 4.79 Å². The Bertz CT molecular complexity index is 1190. The lowest BCUT2D eigenvalue weighted by Crippen LogP contribution is -2.06. The lowest BCUT2D eigenvalue weighted by Gasteiger charge is -2.10. The van der Waals surface area contributed by atoms with Crippen molar-refractivity contribution in [3.8, 4) is 5.75 Å². The number of hydrogen-bond acceptors (Lipinski definition) is 7. The molecule has 3 aromatic carbocycles. The van der Waals surface area contributed by atoms with Crippen molar-refractivity contribution in [3.05, 3.63) is 83.5 Å². The van der Waals surface area contributed by atoms with Crippen LogP contribution in [-0.4, -0.2) is 23.2 Å². The van der Waals surface area contributed by atoms with E-state index < -0.39 is 0 Å². The van der Waals surface area contributed by atoms with Gasteiger partial charge in [-0.05, 0) is 53.6 Å². The molecule has 0 fully saturated rings. The predicted molar refractivity (Wildman–Crippen MR) is 115 cm³/mol. The summed E-state index contributed by atoms with van der Waals surface area (Å²) in [7, 11) is 1.65. The van der Waals surface area contributed by atoms with Crippen LogP contribution in [0.1, 0.15) is 27.6 Å². The highest BCUT2D eigenvalue weighted by Gasteiger charge is 2.14. The molecule has 0 spiro atoms. The van der Waals surface area contributed by atoms with Gasteiger partial charge in [-0.2, -0.15) is 4.98 Å². The monoisotopic (exact) mass is 420 g/mol. The zero-order chi connectivity index (χ0) is 20.9. The van der Waals surface area contributed by atoms with E-state index in [0.717, 1.165) is 27.0 Å². The largest absolute Gasteiger partial charge is 0.497 e. The van der Waals surface area contributed by atoms with Gasteiger partial charge in [-0.3, -0.25) is 0 Å². The van der Waals surface area contributed by atoms with Crippen LogP contribution in [0.4, 0.5) is 0 Å². The summed E-state index contributed by atoms with van der Waals surface area (Å²) < 4.78 is 16.0. The smallest absolute Gasteiger partial charge is 0.339 e. The molecule has 0 amide bonds. The van der Waals surface area contributed by atoms with E-state index in [9.17, 15) is 4.79 Å². The molecule has 30 heavy (non-hydrogen) atoms. The number of methoxy groups -OCH3 is 1. The third kappa shape index (κ3) is 4.63. The summed E-state index contributed by atoms with van der Waals surface area (Å²) in [6.45, 7) is 1.97. The molecule has 1 aromatic heterocycles. The van der Waals surface area contributed by atoms with E-state index in [-0.39, 0.29) is 12.6 Å². The van der Waals surface area contributed by atoms with Gasteiger partial charge in [0.25, 0.3) is 0 Å². The highest BCUT2D eigenvalue weighted by atomic mass is 32.2. The Kier molecular flexibility index (Phi) is 5.99. The van der Waals surface area contributed by atoms with Crippen LogP contribution in [0.25, 0.3) is 10.8 Å². The van der Waals surface area contributed by atoms with Crippen molar-refractivity contribution in [3.63, 3.8) is 0 Å². The van der Waals surface area contributed by atoms with E-state index >= 15 is 0 Å². The number of benzene rings is 3. The maximum atomic E-state index is 12.7. The van der Waals surface area contributed by atoms with Crippen molar-refractivity contribution < 1.29 is 18.8 Å². The highest BCUT2D eigenvalue weighted by molar-refractivity contribution is 7.98. The second kappa shape index (κ2) is 9.00. The molecule has 0 bridgehead atoms. The summed E-state index contributed by atoms with van der Waals surface area (Å²) in [4.78, 5) is 17.7. The maximum Gasteiger partial charge on any atom is 0.339 e. The summed E-state index contributed by atoms with van der Waals surface area (Å²) in [5, 5.41) is 5.92. The van der Waals surface area contributed by atoms with Crippen LogP contribution in [0.15, 0.2) is 70.1 Å². The Balaban J connectivity index is 1.43. The number of aromatic nitrogens is 2. The van der Waals surface area contributed by atoms with Gasteiger partial charge in [0.15, 0.2) is 5.82 Å². The van der Waals surface area contributed by atoms with Crippen LogP contribution in [0.2, 0.25) is 0 Å². The minimum Gasteiger partial charge on any atom is -0.497 e. The van der Waals surface area contributed by atoms with Gasteiger partial charge in [-0.1, -0.05) is 35.5 Å². The maximum absolute atomic E-state index is 12.7. The first-order valence-corrected chi connectivity index (χ1v) is 10.4. The van der Waals surface area contributed by atoms with Crippen LogP contribution < -0.4 is 4.74 Å². The first-order valence-electron chi connectivity index (χ1n) is 9.37. The SMILES string of the molecule is COc1ccc2cc(COC(=O)c3ccccc3SCc3nc(C)no3)ccc2c1. The average molecular weight is 420 g/mol. The van der Waals surface area contributed by atoms with Crippen molar-refractivity contribution in [1.29, 1.82) is 0 Å². The molecule has 7 heteroatoms. The molecule has 0 atom stereocenters.